The molecule has 1 saturated heterocycles. The van der Waals surface area contributed by atoms with Gasteiger partial charge in [0.2, 0.25) is 5.91 Å². The number of carbonyl (C=O) groups is 1. The maximum atomic E-state index is 11.7. The number of amides is 1. The molecule has 1 aliphatic heterocycles. The highest BCUT2D eigenvalue weighted by atomic mass is 16.2. The van der Waals surface area contributed by atoms with Crippen molar-refractivity contribution in [2.24, 2.45) is 5.92 Å². The Kier molecular flexibility index (Phi) is 4.97. The van der Waals surface area contributed by atoms with Gasteiger partial charge in [-0.3, -0.25) is 4.79 Å². The van der Waals surface area contributed by atoms with Crippen LogP contribution in [0.3, 0.4) is 0 Å². The zero-order valence-corrected chi connectivity index (χ0v) is 11.9. The van der Waals surface area contributed by atoms with E-state index >= 15 is 0 Å². The van der Waals surface area contributed by atoms with Crippen molar-refractivity contribution in [2.45, 2.75) is 38.6 Å². The average Bonchev–Trinajstić information content (AvgIpc) is 2.42. The lowest BCUT2D eigenvalue weighted by Crippen LogP contribution is -2.49. The molecule has 1 aromatic carbocycles. The van der Waals surface area contributed by atoms with Crippen molar-refractivity contribution in [1.29, 1.82) is 0 Å². The fourth-order valence-corrected chi connectivity index (χ4v) is 2.67. The van der Waals surface area contributed by atoms with Crippen LogP contribution in [0.4, 0.5) is 0 Å². The third-order valence-corrected chi connectivity index (χ3v) is 3.90. The van der Waals surface area contributed by atoms with E-state index in [4.69, 9.17) is 0 Å². The summed E-state index contributed by atoms with van der Waals surface area (Å²) in [7, 11) is 0. The van der Waals surface area contributed by atoms with Gasteiger partial charge >= 0.3 is 0 Å². The minimum absolute atomic E-state index is 0.0151. The molecular formula is C16H24N2O. The Morgan fingerprint density at radius 1 is 1.32 bits per heavy atom. The first kappa shape index (κ1) is 14.1. The summed E-state index contributed by atoms with van der Waals surface area (Å²) in [6.07, 6.45) is 2.02. The quantitative estimate of drug-likeness (QED) is 0.853. The lowest BCUT2D eigenvalue weighted by Gasteiger charge is -2.27. The van der Waals surface area contributed by atoms with Crippen molar-refractivity contribution in [3.8, 4) is 0 Å². The van der Waals surface area contributed by atoms with Crippen LogP contribution in [0.2, 0.25) is 0 Å². The third-order valence-electron chi connectivity index (χ3n) is 3.90. The lowest BCUT2D eigenvalue weighted by molar-refractivity contribution is -0.124. The molecule has 0 radical (unpaired) electrons. The summed E-state index contributed by atoms with van der Waals surface area (Å²) in [4.78, 5) is 11.7. The van der Waals surface area contributed by atoms with E-state index in [-0.39, 0.29) is 11.9 Å². The number of nitrogens with one attached hydrogen (secondary N) is 2. The zero-order valence-electron chi connectivity index (χ0n) is 11.9. The molecule has 104 valence electrons. The Balaban J connectivity index is 1.96. The van der Waals surface area contributed by atoms with Gasteiger partial charge in [-0.1, -0.05) is 44.2 Å². The van der Waals surface area contributed by atoms with Crippen LogP contribution in [0.25, 0.3) is 0 Å². The highest BCUT2D eigenvalue weighted by Gasteiger charge is 2.23. The number of rotatable bonds is 5. The van der Waals surface area contributed by atoms with Gasteiger partial charge in [0, 0.05) is 13.1 Å². The molecule has 19 heavy (non-hydrogen) atoms. The Bertz CT molecular complexity index is 402. The molecule has 2 rings (SSSR count). The Morgan fingerprint density at radius 2 is 2.05 bits per heavy atom. The summed E-state index contributed by atoms with van der Waals surface area (Å²) in [6, 6.07) is 10.5. The molecule has 1 aromatic rings. The summed E-state index contributed by atoms with van der Waals surface area (Å²) in [5.74, 6) is 1.17. The SMILES string of the molecule is CC(C)C(CNC1CCCNC1=O)c1ccccc1. The fraction of sp³-hybridized carbons (Fsp3) is 0.562. The molecule has 3 heteroatoms. The van der Waals surface area contributed by atoms with Gasteiger partial charge in [0.05, 0.1) is 6.04 Å². The number of hydrogen-bond donors (Lipinski definition) is 2. The van der Waals surface area contributed by atoms with Crippen LogP contribution in [0.15, 0.2) is 30.3 Å². The van der Waals surface area contributed by atoms with E-state index in [9.17, 15) is 4.79 Å². The van der Waals surface area contributed by atoms with Crippen LogP contribution < -0.4 is 10.6 Å². The van der Waals surface area contributed by atoms with Gasteiger partial charge in [0.25, 0.3) is 0 Å². The highest BCUT2D eigenvalue weighted by molar-refractivity contribution is 5.82. The second-order valence-electron chi connectivity index (χ2n) is 5.66. The minimum Gasteiger partial charge on any atom is -0.355 e. The summed E-state index contributed by atoms with van der Waals surface area (Å²) in [6.45, 7) is 6.16. The van der Waals surface area contributed by atoms with E-state index in [2.05, 4.69) is 48.7 Å². The summed E-state index contributed by atoms with van der Waals surface area (Å²) in [5.41, 5.74) is 1.35. The maximum absolute atomic E-state index is 11.7. The maximum Gasteiger partial charge on any atom is 0.237 e. The van der Waals surface area contributed by atoms with Crippen LogP contribution in [0, 0.1) is 5.92 Å². The van der Waals surface area contributed by atoms with Crippen LogP contribution in [0.1, 0.15) is 38.2 Å². The predicted octanol–water partition coefficient (Wildman–Crippen LogP) is 2.29. The van der Waals surface area contributed by atoms with E-state index in [1.807, 2.05) is 6.07 Å². The molecule has 0 bridgehead atoms. The first-order chi connectivity index (χ1) is 9.18. The van der Waals surface area contributed by atoms with E-state index in [1.165, 1.54) is 5.56 Å². The Morgan fingerprint density at radius 3 is 2.68 bits per heavy atom. The Labute approximate surface area is 115 Å². The van der Waals surface area contributed by atoms with Crippen molar-refractivity contribution in [2.75, 3.05) is 13.1 Å². The van der Waals surface area contributed by atoms with Crippen molar-refractivity contribution in [3.05, 3.63) is 35.9 Å². The molecule has 0 saturated carbocycles. The molecular weight excluding hydrogens is 236 g/mol. The van der Waals surface area contributed by atoms with Crippen molar-refractivity contribution < 1.29 is 4.79 Å². The van der Waals surface area contributed by atoms with Gasteiger partial charge in [0.1, 0.15) is 0 Å². The van der Waals surface area contributed by atoms with Gasteiger partial charge in [-0.2, -0.15) is 0 Å². The van der Waals surface area contributed by atoms with Crippen LogP contribution in [-0.4, -0.2) is 25.0 Å². The van der Waals surface area contributed by atoms with Gasteiger partial charge in [0.15, 0.2) is 0 Å². The standard InChI is InChI=1S/C16H24N2O/c1-12(2)14(13-7-4-3-5-8-13)11-18-15-9-6-10-17-16(15)19/h3-5,7-8,12,14-15,18H,6,9-11H2,1-2H3,(H,17,19). The lowest BCUT2D eigenvalue weighted by atomic mass is 9.88. The topological polar surface area (TPSA) is 41.1 Å². The monoisotopic (exact) mass is 260 g/mol. The number of benzene rings is 1. The molecule has 3 nitrogen and oxygen atoms in total. The van der Waals surface area contributed by atoms with Gasteiger partial charge in [-0.05, 0) is 30.2 Å². The third kappa shape index (κ3) is 3.80. The number of piperidine rings is 1. The first-order valence-corrected chi connectivity index (χ1v) is 7.24. The van der Waals surface area contributed by atoms with E-state index in [1.54, 1.807) is 0 Å². The molecule has 2 atom stereocenters. The molecule has 2 N–H and O–H groups in total. The average molecular weight is 260 g/mol. The number of hydrogen-bond acceptors (Lipinski definition) is 2. The van der Waals surface area contributed by atoms with Crippen LogP contribution in [-0.2, 0) is 4.79 Å². The molecule has 0 aliphatic carbocycles. The molecule has 1 heterocycles. The molecule has 0 spiro atoms. The number of carbonyl (C=O) groups excluding carboxylic acids is 1. The summed E-state index contributed by atoms with van der Waals surface area (Å²) < 4.78 is 0. The predicted molar refractivity (Wildman–Crippen MR) is 78.1 cm³/mol. The van der Waals surface area contributed by atoms with Crippen LogP contribution in [0.5, 0.6) is 0 Å². The van der Waals surface area contributed by atoms with Crippen molar-refractivity contribution in [3.63, 3.8) is 0 Å². The van der Waals surface area contributed by atoms with Gasteiger partial charge < -0.3 is 10.6 Å². The largest absolute Gasteiger partial charge is 0.355 e. The van der Waals surface area contributed by atoms with Crippen LogP contribution >= 0.6 is 0 Å². The van der Waals surface area contributed by atoms with Gasteiger partial charge in [-0.25, -0.2) is 0 Å². The Hall–Kier alpha value is -1.35. The zero-order chi connectivity index (χ0) is 13.7. The second kappa shape index (κ2) is 6.71. The fourth-order valence-electron chi connectivity index (χ4n) is 2.67. The van der Waals surface area contributed by atoms with E-state index in [0.29, 0.717) is 11.8 Å². The van der Waals surface area contributed by atoms with E-state index < -0.39 is 0 Å². The van der Waals surface area contributed by atoms with Gasteiger partial charge in [-0.15, -0.1) is 0 Å². The van der Waals surface area contributed by atoms with E-state index in [0.717, 1.165) is 25.9 Å². The first-order valence-electron chi connectivity index (χ1n) is 7.24. The molecule has 1 aliphatic rings. The summed E-state index contributed by atoms with van der Waals surface area (Å²) in [5, 5.41) is 6.36. The smallest absolute Gasteiger partial charge is 0.237 e. The second-order valence-corrected chi connectivity index (χ2v) is 5.66. The normalized spacial score (nSPS) is 21.2. The minimum atomic E-state index is -0.0151. The molecule has 1 amide bonds. The summed E-state index contributed by atoms with van der Waals surface area (Å²) >= 11 is 0. The highest BCUT2D eigenvalue weighted by Crippen LogP contribution is 2.23. The van der Waals surface area contributed by atoms with Crippen molar-refractivity contribution in [1.82, 2.24) is 10.6 Å². The molecule has 2 unspecified atom stereocenters. The molecule has 1 fully saturated rings. The molecule has 0 aromatic heterocycles. The van der Waals surface area contributed by atoms with Crippen molar-refractivity contribution >= 4 is 5.91 Å².